The Balaban J connectivity index is 1.69. The number of Topliss-reactive ketones (excluding diaryl/α,β-unsaturated/α-hetero) is 1. The van der Waals surface area contributed by atoms with E-state index in [9.17, 15) is 9.18 Å². The molecule has 0 spiro atoms. The number of halogens is 2. The van der Waals surface area contributed by atoms with Gasteiger partial charge in [-0.1, -0.05) is 54.1 Å². The average Bonchev–Trinajstić information content (AvgIpc) is 2.95. The van der Waals surface area contributed by atoms with Crippen molar-refractivity contribution in [1.82, 2.24) is 9.78 Å². The molecule has 0 saturated carbocycles. The fraction of sp³-hybridized carbons (Fsp3) is 0.111. The topological polar surface area (TPSA) is 34.9 Å². The zero-order valence-corrected chi connectivity index (χ0v) is 13.0. The van der Waals surface area contributed by atoms with E-state index in [1.54, 1.807) is 47.4 Å². The van der Waals surface area contributed by atoms with Crippen LogP contribution in [0.4, 0.5) is 4.39 Å². The van der Waals surface area contributed by atoms with Gasteiger partial charge in [0.2, 0.25) is 0 Å². The summed E-state index contributed by atoms with van der Waals surface area (Å²) in [5, 5.41) is 4.70. The summed E-state index contributed by atoms with van der Waals surface area (Å²) in [7, 11) is 0. The summed E-state index contributed by atoms with van der Waals surface area (Å²) in [6.45, 7) is 0.578. The lowest BCUT2D eigenvalue weighted by atomic mass is 10.0. The molecule has 0 saturated heterocycles. The Morgan fingerprint density at radius 2 is 1.87 bits per heavy atom. The lowest BCUT2D eigenvalue weighted by Crippen LogP contribution is -2.06. The second-order valence-electron chi connectivity index (χ2n) is 5.24. The zero-order valence-electron chi connectivity index (χ0n) is 12.2. The lowest BCUT2D eigenvalue weighted by Gasteiger charge is -2.05. The maximum Gasteiger partial charge on any atom is 0.167 e. The van der Waals surface area contributed by atoms with Gasteiger partial charge in [0, 0.05) is 18.2 Å². The van der Waals surface area contributed by atoms with Gasteiger partial charge in [0.25, 0.3) is 0 Å². The summed E-state index contributed by atoms with van der Waals surface area (Å²) in [6.07, 6.45) is 3.37. The van der Waals surface area contributed by atoms with Crippen LogP contribution in [-0.4, -0.2) is 15.6 Å². The standard InChI is InChI=1S/C18H14ClFN2O/c19-16-10-21-22(12-16)11-13-5-7-14(8-6-13)18(23)9-15-3-1-2-4-17(15)20/h1-8,10,12H,9,11H2. The monoisotopic (exact) mass is 328 g/mol. The van der Waals surface area contributed by atoms with E-state index < -0.39 is 0 Å². The first-order valence-corrected chi connectivity index (χ1v) is 7.53. The molecule has 0 unspecified atom stereocenters. The highest BCUT2D eigenvalue weighted by molar-refractivity contribution is 6.30. The van der Waals surface area contributed by atoms with E-state index in [0.29, 0.717) is 22.7 Å². The largest absolute Gasteiger partial charge is 0.294 e. The highest BCUT2D eigenvalue weighted by atomic mass is 35.5. The van der Waals surface area contributed by atoms with Crippen molar-refractivity contribution in [2.75, 3.05) is 0 Å². The Labute approximate surface area is 138 Å². The minimum Gasteiger partial charge on any atom is -0.294 e. The van der Waals surface area contributed by atoms with Crippen LogP contribution < -0.4 is 0 Å². The van der Waals surface area contributed by atoms with Gasteiger partial charge in [0.15, 0.2) is 5.78 Å². The smallest absolute Gasteiger partial charge is 0.167 e. The second kappa shape index (κ2) is 6.75. The minimum atomic E-state index is -0.354. The number of ketones is 1. The third-order valence-corrected chi connectivity index (χ3v) is 3.73. The van der Waals surface area contributed by atoms with Crippen LogP contribution in [0.5, 0.6) is 0 Å². The molecule has 0 amide bonds. The van der Waals surface area contributed by atoms with E-state index in [-0.39, 0.29) is 18.0 Å². The molecule has 0 N–H and O–H groups in total. The number of rotatable bonds is 5. The molecule has 3 aromatic rings. The Morgan fingerprint density at radius 3 is 2.52 bits per heavy atom. The first-order valence-electron chi connectivity index (χ1n) is 7.15. The van der Waals surface area contributed by atoms with Crippen molar-refractivity contribution in [3.63, 3.8) is 0 Å². The first kappa shape index (κ1) is 15.4. The molecule has 3 nitrogen and oxygen atoms in total. The highest BCUT2D eigenvalue weighted by Crippen LogP contribution is 2.13. The second-order valence-corrected chi connectivity index (χ2v) is 5.68. The SMILES string of the molecule is O=C(Cc1ccccc1F)c1ccc(Cn2cc(Cl)cn2)cc1. The summed E-state index contributed by atoms with van der Waals surface area (Å²) < 4.78 is 15.3. The van der Waals surface area contributed by atoms with Crippen molar-refractivity contribution in [2.24, 2.45) is 0 Å². The molecule has 0 fully saturated rings. The molecule has 3 rings (SSSR count). The van der Waals surface area contributed by atoms with Crippen LogP contribution in [0.15, 0.2) is 60.9 Å². The molecule has 5 heteroatoms. The molecule has 23 heavy (non-hydrogen) atoms. The van der Waals surface area contributed by atoms with Crippen LogP contribution >= 0.6 is 11.6 Å². The van der Waals surface area contributed by atoms with Gasteiger partial charge in [-0.15, -0.1) is 0 Å². The Hall–Kier alpha value is -2.46. The molecule has 0 radical (unpaired) electrons. The molecule has 0 atom stereocenters. The Bertz CT molecular complexity index is 827. The van der Waals surface area contributed by atoms with Crippen molar-refractivity contribution in [2.45, 2.75) is 13.0 Å². The van der Waals surface area contributed by atoms with Crippen molar-refractivity contribution in [3.05, 3.63) is 88.5 Å². The predicted octanol–water partition coefficient (Wildman–Crippen LogP) is 4.15. The van der Waals surface area contributed by atoms with Gasteiger partial charge < -0.3 is 0 Å². The molecule has 0 aliphatic rings. The van der Waals surface area contributed by atoms with Gasteiger partial charge >= 0.3 is 0 Å². The van der Waals surface area contributed by atoms with Gasteiger partial charge in [-0.3, -0.25) is 9.48 Å². The number of carbonyl (C=O) groups is 1. The summed E-state index contributed by atoms with van der Waals surface area (Å²) >= 11 is 5.82. The molecule has 0 aliphatic heterocycles. The van der Waals surface area contributed by atoms with Crippen LogP contribution in [0, 0.1) is 5.82 Å². The molecular formula is C18H14ClFN2O. The summed E-state index contributed by atoms with van der Waals surface area (Å²) in [5.41, 5.74) is 1.98. The van der Waals surface area contributed by atoms with E-state index in [2.05, 4.69) is 5.10 Å². The van der Waals surface area contributed by atoms with Gasteiger partial charge in [-0.25, -0.2) is 4.39 Å². The Kier molecular flexibility index (Phi) is 4.53. The average molecular weight is 329 g/mol. The van der Waals surface area contributed by atoms with E-state index >= 15 is 0 Å². The van der Waals surface area contributed by atoms with Gasteiger partial charge in [-0.2, -0.15) is 5.10 Å². The fourth-order valence-corrected chi connectivity index (χ4v) is 2.48. The third-order valence-electron chi connectivity index (χ3n) is 3.53. The number of hydrogen-bond donors (Lipinski definition) is 0. The number of aromatic nitrogens is 2. The van der Waals surface area contributed by atoms with Crippen LogP contribution in [0.2, 0.25) is 5.02 Å². The molecule has 116 valence electrons. The van der Waals surface area contributed by atoms with Crippen LogP contribution in [0.3, 0.4) is 0 Å². The van der Waals surface area contributed by atoms with Crippen molar-refractivity contribution < 1.29 is 9.18 Å². The summed E-state index contributed by atoms with van der Waals surface area (Å²) in [4.78, 5) is 12.2. The molecule has 0 bridgehead atoms. The summed E-state index contributed by atoms with van der Waals surface area (Å²) in [6, 6.07) is 13.6. The first-order chi connectivity index (χ1) is 11.1. The number of benzene rings is 2. The minimum absolute atomic E-state index is 0.0563. The molecular weight excluding hydrogens is 315 g/mol. The maximum absolute atomic E-state index is 13.6. The van der Waals surface area contributed by atoms with Crippen molar-refractivity contribution in [3.8, 4) is 0 Å². The van der Waals surface area contributed by atoms with Crippen LogP contribution in [0.1, 0.15) is 21.5 Å². The number of carbonyl (C=O) groups excluding carboxylic acids is 1. The van der Waals surface area contributed by atoms with E-state index in [1.165, 1.54) is 6.07 Å². The fourth-order valence-electron chi connectivity index (χ4n) is 2.32. The third kappa shape index (κ3) is 3.85. The number of nitrogens with zero attached hydrogens (tertiary/aromatic N) is 2. The molecule has 2 aromatic carbocycles. The molecule has 1 aromatic heterocycles. The zero-order chi connectivity index (χ0) is 16.2. The lowest BCUT2D eigenvalue weighted by molar-refractivity contribution is 0.0992. The van der Waals surface area contributed by atoms with E-state index in [1.807, 2.05) is 12.1 Å². The highest BCUT2D eigenvalue weighted by Gasteiger charge is 2.10. The normalized spacial score (nSPS) is 10.7. The van der Waals surface area contributed by atoms with Gasteiger partial charge in [0.05, 0.1) is 17.8 Å². The van der Waals surface area contributed by atoms with Crippen LogP contribution in [-0.2, 0) is 13.0 Å². The van der Waals surface area contributed by atoms with Gasteiger partial charge in [-0.05, 0) is 17.2 Å². The van der Waals surface area contributed by atoms with Gasteiger partial charge in [0.1, 0.15) is 5.82 Å². The van der Waals surface area contributed by atoms with E-state index in [0.717, 1.165) is 5.56 Å². The number of hydrogen-bond acceptors (Lipinski definition) is 2. The van der Waals surface area contributed by atoms with Crippen molar-refractivity contribution >= 4 is 17.4 Å². The van der Waals surface area contributed by atoms with Crippen LogP contribution in [0.25, 0.3) is 0 Å². The Morgan fingerprint density at radius 1 is 1.13 bits per heavy atom. The molecule has 1 heterocycles. The maximum atomic E-state index is 13.6. The quantitative estimate of drug-likeness (QED) is 0.659. The van der Waals surface area contributed by atoms with E-state index in [4.69, 9.17) is 11.6 Å². The molecule has 0 aliphatic carbocycles. The predicted molar refractivity (Wildman–Crippen MR) is 87.2 cm³/mol. The summed E-state index contributed by atoms with van der Waals surface area (Å²) in [5.74, 6) is -0.461. The van der Waals surface area contributed by atoms with Crippen molar-refractivity contribution in [1.29, 1.82) is 0 Å².